The second-order valence-corrected chi connectivity index (χ2v) is 5.75. The predicted octanol–water partition coefficient (Wildman–Crippen LogP) is 3.86. The molecule has 0 atom stereocenters. The van der Waals surface area contributed by atoms with Gasteiger partial charge in [0.1, 0.15) is 0 Å². The molecule has 0 spiro atoms. The fraction of sp³-hybridized carbons (Fsp3) is 0.167. The molecule has 0 aliphatic rings. The van der Waals surface area contributed by atoms with Crippen molar-refractivity contribution in [1.82, 2.24) is 4.68 Å². The summed E-state index contributed by atoms with van der Waals surface area (Å²) in [6, 6.07) is 12.4. The van der Waals surface area contributed by atoms with Crippen LogP contribution in [-0.4, -0.2) is 18.9 Å². The fourth-order valence-corrected chi connectivity index (χ4v) is 2.73. The number of hydrogen-bond donors (Lipinski definition) is 1. The molecule has 3 rings (SSSR count). The minimum absolute atomic E-state index is 0.165. The largest absolute Gasteiger partial charge is 0.493 e. The Hall–Kier alpha value is -2.66. The number of nitrogens with zero attached hydrogens (tertiary/aromatic N) is 1. The molecule has 0 fully saturated rings. The Morgan fingerprint density at radius 1 is 1.00 bits per heavy atom. The molecule has 0 amide bonds. The van der Waals surface area contributed by atoms with Crippen LogP contribution in [0.5, 0.6) is 11.5 Å². The van der Waals surface area contributed by atoms with E-state index in [0.717, 1.165) is 22.2 Å². The molecule has 0 saturated carbocycles. The van der Waals surface area contributed by atoms with E-state index < -0.39 is 0 Å². The monoisotopic (exact) mass is 344 g/mol. The fourth-order valence-electron chi connectivity index (χ4n) is 2.60. The van der Waals surface area contributed by atoms with Crippen LogP contribution in [0.1, 0.15) is 5.69 Å². The molecule has 0 bridgehead atoms. The van der Waals surface area contributed by atoms with Crippen molar-refractivity contribution >= 4 is 28.1 Å². The molecule has 3 aromatic rings. The van der Waals surface area contributed by atoms with Crippen molar-refractivity contribution in [1.29, 1.82) is 0 Å². The number of pyridine rings is 1. The Bertz CT molecular complexity index is 949. The zero-order chi connectivity index (χ0) is 17.3. The highest BCUT2D eigenvalue weighted by Crippen LogP contribution is 2.32. The van der Waals surface area contributed by atoms with Crippen molar-refractivity contribution in [3.8, 4) is 11.5 Å². The number of aromatic nitrogens is 1. The number of halogens is 1. The zero-order valence-electron chi connectivity index (χ0n) is 13.6. The summed E-state index contributed by atoms with van der Waals surface area (Å²) in [5, 5.41) is 2.33. The Labute approximate surface area is 144 Å². The third-order valence-electron chi connectivity index (χ3n) is 3.87. The first kappa shape index (κ1) is 16.2. The van der Waals surface area contributed by atoms with E-state index in [1.807, 2.05) is 25.1 Å². The number of nitrogens with one attached hydrogen (secondary N) is 1. The van der Waals surface area contributed by atoms with Gasteiger partial charge < -0.3 is 9.47 Å². The van der Waals surface area contributed by atoms with Crippen molar-refractivity contribution in [2.45, 2.75) is 6.92 Å². The summed E-state index contributed by atoms with van der Waals surface area (Å²) < 4.78 is 12.2. The van der Waals surface area contributed by atoms with Gasteiger partial charge >= 0.3 is 0 Å². The van der Waals surface area contributed by atoms with E-state index in [1.54, 1.807) is 38.5 Å². The van der Waals surface area contributed by atoms with Crippen LogP contribution < -0.4 is 20.5 Å². The first-order valence-electron chi connectivity index (χ1n) is 7.34. The van der Waals surface area contributed by atoms with E-state index >= 15 is 0 Å². The molecule has 0 aliphatic carbocycles. The lowest BCUT2D eigenvalue weighted by molar-refractivity contribution is 0.356. The van der Waals surface area contributed by atoms with Crippen LogP contribution in [0.15, 0.2) is 47.3 Å². The summed E-state index contributed by atoms with van der Waals surface area (Å²) in [7, 11) is 3.15. The Morgan fingerprint density at radius 3 is 2.25 bits per heavy atom. The second kappa shape index (κ2) is 6.45. The predicted molar refractivity (Wildman–Crippen MR) is 96.5 cm³/mol. The Morgan fingerprint density at radius 2 is 1.62 bits per heavy atom. The number of fused-ring (bicyclic) bond motifs is 1. The number of anilines is 1. The van der Waals surface area contributed by atoms with Crippen molar-refractivity contribution in [3.05, 3.63) is 63.5 Å². The highest BCUT2D eigenvalue weighted by molar-refractivity contribution is 6.30. The van der Waals surface area contributed by atoms with Gasteiger partial charge in [0.2, 0.25) is 0 Å². The lowest BCUT2D eigenvalue weighted by atomic mass is 10.1. The minimum atomic E-state index is -0.165. The molecule has 24 heavy (non-hydrogen) atoms. The lowest BCUT2D eigenvalue weighted by Gasteiger charge is -2.16. The van der Waals surface area contributed by atoms with Gasteiger partial charge in [0.25, 0.3) is 5.56 Å². The summed E-state index contributed by atoms with van der Waals surface area (Å²) in [5.74, 6) is 1.21. The normalized spacial score (nSPS) is 10.7. The molecule has 0 unspecified atom stereocenters. The molecule has 2 aromatic carbocycles. The van der Waals surface area contributed by atoms with E-state index in [9.17, 15) is 4.79 Å². The van der Waals surface area contributed by atoms with E-state index in [2.05, 4.69) is 5.43 Å². The van der Waals surface area contributed by atoms with Gasteiger partial charge in [-0.15, -0.1) is 0 Å². The first-order valence-corrected chi connectivity index (χ1v) is 7.72. The van der Waals surface area contributed by atoms with E-state index in [0.29, 0.717) is 16.5 Å². The summed E-state index contributed by atoms with van der Waals surface area (Å²) in [6.07, 6.45) is 0. The van der Waals surface area contributed by atoms with Gasteiger partial charge in [-0.3, -0.25) is 10.2 Å². The van der Waals surface area contributed by atoms with Crippen LogP contribution in [0.25, 0.3) is 10.8 Å². The Kier molecular flexibility index (Phi) is 4.36. The van der Waals surface area contributed by atoms with Crippen LogP contribution >= 0.6 is 11.6 Å². The van der Waals surface area contributed by atoms with Gasteiger partial charge in [-0.25, -0.2) is 4.68 Å². The molecule has 0 radical (unpaired) electrons. The molecule has 1 aromatic heterocycles. The van der Waals surface area contributed by atoms with E-state index in [-0.39, 0.29) is 5.56 Å². The lowest BCUT2D eigenvalue weighted by Crippen LogP contribution is -2.27. The van der Waals surface area contributed by atoms with Crippen LogP contribution in [-0.2, 0) is 0 Å². The van der Waals surface area contributed by atoms with Crippen LogP contribution in [0.3, 0.4) is 0 Å². The number of methoxy groups -OCH3 is 2. The van der Waals surface area contributed by atoms with Gasteiger partial charge in [0.05, 0.1) is 19.9 Å². The quantitative estimate of drug-likeness (QED) is 0.781. The highest BCUT2D eigenvalue weighted by Gasteiger charge is 2.12. The molecule has 1 N–H and O–H groups in total. The number of ether oxygens (including phenoxy) is 2. The number of rotatable bonds is 4. The maximum Gasteiger partial charge on any atom is 0.269 e. The van der Waals surface area contributed by atoms with Gasteiger partial charge in [0, 0.05) is 22.2 Å². The van der Waals surface area contributed by atoms with Crippen molar-refractivity contribution < 1.29 is 9.47 Å². The molecule has 124 valence electrons. The van der Waals surface area contributed by atoms with Crippen LogP contribution in [0.2, 0.25) is 5.02 Å². The first-order chi connectivity index (χ1) is 11.5. The van der Waals surface area contributed by atoms with Gasteiger partial charge in [0.15, 0.2) is 11.5 Å². The summed E-state index contributed by atoms with van der Waals surface area (Å²) in [5.41, 5.74) is 4.47. The molecule has 5 nitrogen and oxygen atoms in total. The Balaban J connectivity index is 2.15. The van der Waals surface area contributed by atoms with Gasteiger partial charge in [-0.05, 0) is 48.7 Å². The zero-order valence-corrected chi connectivity index (χ0v) is 14.3. The topological polar surface area (TPSA) is 52.5 Å². The highest BCUT2D eigenvalue weighted by atomic mass is 35.5. The molecular formula is C18H17ClN2O3. The SMILES string of the molecule is COc1cc2cc(=O)n(Nc3ccc(Cl)cc3)c(C)c2cc1OC. The van der Waals surface area contributed by atoms with Crippen LogP contribution in [0.4, 0.5) is 5.69 Å². The van der Waals surface area contributed by atoms with Crippen molar-refractivity contribution in [2.24, 2.45) is 0 Å². The van der Waals surface area contributed by atoms with Crippen LogP contribution in [0, 0.1) is 6.92 Å². The smallest absolute Gasteiger partial charge is 0.269 e. The molecule has 6 heteroatoms. The summed E-state index contributed by atoms with van der Waals surface area (Å²) >= 11 is 5.90. The number of aryl methyl sites for hydroxylation is 1. The van der Waals surface area contributed by atoms with E-state index in [4.69, 9.17) is 21.1 Å². The third-order valence-corrected chi connectivity index (χ3v) is 4.12. The molecule has 0 aliphatic heterocycles. The minimum Gasteiger partial charge on any atom is -0.493 e. The van der Waals surface area contributed by atoms with Gasteiger partial charge in [-0.2, -0.15) is 0 Å². The molecule has 1 heterocycles. The number of hydrogen-bond acceptors (Lipinski definition) is 4. The molecular weight excluding hydrogens is 328 g/mol. The second-order valence-electron chi connectivity index (χ2n) is 5.32. The maximum atomic E-state index is 12.5. The summed E-state index contributed by atoms with van der Waals surface area (Å²) in [6.45, 7) is 1.87. The maximum absolute atomic E-state index is 12.5. The number of benzene rings is 2. The van der Waals surface area contributed by atoms with Crippen molar-refractivity contribution in [3.63, 3.8) is 0 Å². The standard InChI is InChI=1S/C18H17ClN2O3/c1-11-15-10-17(24-3)16(23-2)8-12(15)9-18(22)21(11)20-14-6-4-13(19)5-7-14/h4-10,20H,1-3H3. The molecule has 0 saturated heterocycles. The summed E-state index contributed by atoms with van der Waals surface area (Å²) in [4.78, 5) is 12.5. The van der Waals surface area contributed by atoms with Gasteiger partial charge in [-0.1, -0.05) is 11.6 Å². The van der Waals surface area contributed by atoms with Crippen molar-refractivity contribution in [2.75, 3.05) is 19.6 Å². The third kappa shape index (κ3) is 2.90. The average Bonchev–Trinajstić information content (AvgIpc) is 2.59. The average molecular weight is 345 g/mol. The van der Waals surface area contributed by atoms with E-state index in [1.165, 1.54) is 4.68 Å².